The van der Waals surface area contributed by atoms with Crippen LogP contribution >= 0.6 is 11.8 Å². The van der Waals surface area contributed by atoms with Crippen LogP contribution in [0.1, 0.15) is 20.8 Å². The fourth-order valence-corrected chi connectivity index (χ4v) is 3.53. The van der Waals surface area contributed by atoms with Crippen LogP contribution in [0.5, 0.6) is 0 Å². The monoisotopic (exact) mass is 390 g/mol. The summed E-state index contributed by atoms with van der Waals surface area (Å²) in [6.45, 7) is 5.57. The number of thioether (sulfide) groups is 1. The van der Waals surface area contributed by atoms with Crippen molar-refractivity contribution in [2.75, 3.05) is 5.75 Å². The van der Waals surface area contributed by atoms with Gasteiger partial charge in [-0.2, -0.15) is 5.26 Å². The highest BCUT2D eigenvalue weighted by molar-refractivity contribution is 8.00. The summed E-state index contributed by atoms with van der Waals surface area (Å²) in [7, 11) is 0. The molecule has 142 valence electrons. The molecule has 3 aromatic rings. The van der Waals surface area contributed by atoms with Gasteiger partial charge in [0, 0.05) is 16.3 Å². The molecule has 0 aliphatic heterocycles. The van der Waals surface area contributed by atoms with Crippen LogP contribution in [0.15, 0.2) is 59.6 Å². The summed E-state index contributed by atoms with van der Waals surface area (Å²) in [6.07, 6.45) is 0. The van der Waals surface area contributed by atoms with E-state index in [-0.39, 0.29) is 17.6 Å². The largest absolute Gasteiger partial charge is 0.337 e. The van der Waals surface area contributed by atoms with Gasteiger partial charge in [-0.3, -0.25) is 4.79 Å². The zero-order chi connectivity index (χ0) is 20.1. The molecule has 1 atom stereocenters. The summed E-state index contributed by atoms with van der Waals surface area (Å²) >= 11 is 1.33. The fourth-order valence-electron chi connectivity index (χ4n) is 2.76. The number of nitriles is 1. The molecule has 0 fully saturated rings. The number of carbonyl (C=O) groups excluding carboxylic acids is 1. The van der Waals surface area contributed by atoms with Gasteiger partial charge in [0.2, 0.25) is 5.91 Å². The van der Waals surface area contributed by atoms with Crippen molar-refractivity contribution in [1.29, 1.82) is 5.26 Å². The van der Waals surface area contributed by atoms with Crippen LogP contribution in [0, 0.1) is 17.2 Å². The molecule has 0 aliphatic rings. The molecule has 28 heavy (non-hydrogen) atoms. The van der Waals surface area contributed by atoms with Gasteiger partial charge in [-0.15, -0.1) is 10.2 Å². The second-order valence-electron chi connectivity index (χ2n) is 7.07. The third-order valence-corrected chi connectivity index (χ3v) is 5.81. The van der Waals surface area contributed by atoms with E-state index in [0.717, 1.165) is 22.0 Å². The number of nitrogens with zero attached hydrogens (tertiary/aromatic N) is 3. The highest BCUT2D eigenvalue weighted by Crippen LogP contribution is 2.31. The molecule has 3 rings (SSSR count). The molecule has 0 spiro atoms. The molecular formula is C22H22N4OS. The van der Waals surface area contributed by atoms with Gasteiger partial charge in [-0.25, -0.2) is 0 Å². The summed E-state index contributed by atoms with van der Waals surface area (Å²) in [5.41, 5.74) is 0.937. The Bertz CT molecular complexity index is 1030. The quantitative estimate of drug-likeness (QED) is 0.629. The Morgan fingerprint density at radius 3 is 2.39 bits per heavy atom. The van der Waals surface area contributed by atoms with E-state index < -0.39 is 5.54 Å². The predicted molar refractivity (Wildman–Crippen MR) is 113 cm³/mol. The van der Waals surface area contributed by atoms with Crippen molar-refractivity contribution in [3.05, 3.63) is 54.6 Å². The van der Waals surface area contributed by atoms with Crippen LogP contribution in [-0.4, -0.2) is 27.4 Å². The number of benzene rings is 2. The average molecular weight is 391 g/mol. The lowest BCUT2D eigenvalue weighted by Gasteiger charge is -2.27. The van der Waals surface area contributed by atoms with Gasteiger partial charge < -0.3 is 5.32 Å². The Hall–Kier alpha value is -2.91. The maximum absolute atomic E-state index is 12.4. The summed E-state index contributed by atoms with van der Waals surface area (Å²) in [5.74, 6) is -0.00846. The first-order valence-electron chi connectivity index (χ1n) is 9.10. The summed E-state index contributed by atoms with van der Waals surface area (Å²) in [4.78, 5) is 12.4. The molecular weight excluding hydrogens is 368 g/mol. The standard InChI is InChI=1S/C22H22N4OS/c1-15(2)22(3,14-23)24-19(27)13-28-21-18-12-8-7-11-17(18)20(25-26-21)16-9-5-4-6-10-16/h4-12,15H,13H2,1-3H3,(H,24,27)/t22-/m1/s1. The molecule has 5 nitrogen and oxygen atoms in total. The smallest absolute Gasteiger partial charge is 0.231 e. The Kier molecular flexibility index (Phi) is 5.96. The van der Waals surface area contributed by atoms with Crippen LogP contribution in [0.2, 0.25) is 0 Å². The van der Waals surface area contributed by atoms with Crippen molar-refractivity contribution in [3.8, 4) is 17.3 Å². The summed E-state index contributed by atoms with van der Waals surface area (Å²) < 4.78 is 0. The molecule has 0 aliphatic carbocycles. The second kappa shape index (κ2) is 8.41. The maximum Gasteiger partial charge on any atom is 0.231 e. The molecule has 1 N–H and O–H groups in total. The third-order valence-electron chi connectivity index (χ3n) is 4.83. The number of aromatic nitrogens is 2. The normalized spacial score (nSPS) is 13.1. The van der Waals surface area contributed by atoms with E-state index in [2.05, 4.69) is 21.6 Å². The molecule has 2 aromatic carbocycles. The number of carbonyl (C=O) groups is 1. The molecule has 1 aromatic heterocycles. The van der Waals surface area contributed by atoms with Crippen molar-refractivity contribution in [3.63, 3.8) is 0 Å². The zero-order valence-electron chi connectivity index (χ0n) is 16.1. The lowest BCUT2D eigenvalue weighted by atomic mass is 9.90. The zero-order valence-corrected chi connectivity index (χ0v) is 17.0. The topological polar surface area (TPSA) is 78.7 Å². The number of rotatable bonds is 6. The van der Waals surface area contributed by atoms with E-state index in [4.69, 9.17) is 0 Å². The molecule has 0 radical (unpaired) electrons. The van der Waals surface area contributed by atoms with Gasteiger partial charge >= 0.3 is 0 Å². The van der Waals surface area contributed by atoms with Crippen molar-refractivity contribution in [2.45, 2.75) is 31.3 Å². The molecule has 6 heteroatoms. The van der Waals surface area contributed by atoms with Crippen molar-refractivity contribution < 1.29 is 4.79 Å². The van der Waals surface area contributed by atoms with E-state index in [1.165, 1.54) is 11.8 Å². The fraction of sp³-hybridized carbons (Fsp3) is 0.273. The van der Waals surface area contributed by atoms with E-state index in [1.54, 1.807) is 6.92 Å². The first kappa shape index (κ1) is 19.8. The Morgan fingerprint density at radius 1 is 1.11 bits per heavy atom. The van der Waals surface area contributed by atoms with Gasteiger partial charge in [0.25, 0.3) is 0 Å². The minimum atomic E-state index is -0.886. The van der Waals surface area contributed by atoms with Gasteiger partial charge in [0.15, 0.2) is 0 Å². The average Bonchev–Trinajstić information content (AvgIpc) is 2.72. The number of hydrogen-bond donors (Lipinski definition) is 1. The van der Waals surface area contributed by atoms with Crippen LogP contribution in [0.3, 0.4) is 0 Å². The molecule has 0 bridgehead atoms. The summed E-state index contributed by atoms with van der Waals surface area (Å²) in [5, 5.41) is 23.7. The number of fused-ring (bicyclic) bond motifs is 1. The Morgan fingerprint density at radius 2 is 1.75 bits per heavy atom. The van der Waals surface area contributed by atoms with E-state index in [0.29, 0.717) is 5.03 Å². The number of amides is 1. The number of nitrogens with one attached hydrogen (secondary N) is 1. The SMILES string of the molecule is CC(C)[C@@](C)(C#N)NC(=O)CSc1nnc(-c2ccccc2)c2ccccc12. The minimum Gasteiger partial charge on any atom is -0.337 e. The minimum absolute atomic E-state index is 0.0113. The predicted octanol–water partition coefficient (Wildman–Crippen LogP) is 4.44. The maximum atomic E-state index is 12.4. The highest BCUT2D eigenvalue weighted by Gasteiger charge is 2.29. The van der Waals surface area contributed by atoms with Crippen LogP contribution in [0.25, 0.3) is 22.0 Å². The summed E-state index contributed by atoms with van der Waals surface area (Å²) in [6, 6.07) is 20.0. The molecule has 1 heterocycles. The molecule has 0 saturated heterocycles. The lowest BCUT2D eigenvalue weighted by molar-refractivity contribution is -0.120. The molecule has 1 amide bonds. The van der Waals surface area contributed by atoms with Gasteiger partial charge in [-0.1, -0.05) is 80.2 Å². The third kappa shape index (κ3) is 4.15. The van der Waals surface area contributed by atoms with Crippen molar-refractivity contribution >= 4 is 28.4 Å². The Labute approximate surface area is 169 Å². The highest BCUT2D eigenvalue weighted by atomic mass is 32.2. The first-order valence-corrected chi connectivity index (χ1v) is 10.1. The van der Waals surface area contributed by atoms with Gasteiger partial charge in [-0.05, 0) is 12.8 Å². The molecule has 0 saturated carbocycles. The van der Waals surface area contributed by atoms with Gasteiger partial charge in [0.05, 0.1) is 11.8 Å². The number of hydrogen-bond acceptors (Lipinski definition) is 5. The van der Waals surface area contributed by atoms with E-state index >= 15 is 0 Å². The van der Waals surface area contributed by atoms with Crippen LogP contribution in [-0.2, 0) is 4.79 Å². The van der Waals surface area contributed by atoms with Crippen LogP contribution < -0.4 is 5.32 Å². The lowest BCUT2D eigenvalue weighted by Crippen LogP contribution is -2.49. The molecule has 0 unspecified atom stereocenters. The Balaban J connectivity index is 1.84. The first-order chi connectivity index (χ1) is 13.4. The van der Waals surface area contributed by atoms with Crippen molar-refractivity contribution in [1.82, 2.24) is 15.5 Å². The van der Waals surface area contributed by atoms with Crippen molar-refractivity contribution in [2.24, 2.45) is 5.92 Å². The van der Waals surface area contributed by atoms with E-state index in [9.17, 15) is 10.1 Å². The second-order valence-corrected chi connectivity index (χ2v) is 8.04. The van der Waals surface area contributed by atoms with E-state index in [1.807, 2.05) is 68.4 Å². The van der Waals surface area contributed by atoms with Crippen LogP contribution in [0.4, 0.5) is 0 Å². The van der Waals surface area contributed by atoms with Gasteiger partial charge in [0.1, 0.15) is 16.3 Å².